The number of piperidine rings is 1. The highest BCUT2D eigenvalue weighted by Crippen LogP contribution is 2.31. The van der Waals surface area contributed by atoms with Crippen molar-refractivity contribution in [3.8, 4) is 0 Å². The molecule has 1 aliphatic heterocycles. The fourth-order valence-corrected chi connectivity index (χ4v) is 2.90. The Morgan fingerprint density at radius 2 is 1.91 bits per heavy atom. The van der Waals surface area contributed by atoms with Gasteiger partial charge in [0, 0.05) is 31.6 Å². The molecule has 0 aromatic heterocycles. The Morgan fingerprint density at radius 1 is 1.17 bits per heavy atom. The van der Waals surface area contributed by atoms with Gasteiger partial charge in [-0.2, -0.15) is 0 Å². The van der Waals surface area contributed by atoms with Crippen LogP contribution in [-0.4, -0.2) is 36.0 Å². The zero-order valence-electron chi connectivity index (χ0n) is 13.1. The predicted molar refractivity (Wildman–Crippen MR) is 84.1 cm³/mol. The molecule has 0 unspecified atom stereocenters. The van der Waals surface area contributed by atoms with Gasteiger partial charge in [0.25, 0.3) is 0 Å². The third-order valence-electron chi connectivity index (χ3n) is 4.41. The van der Waals surface area contributed by atoms with E-state index < -0.39 is 0 Å². The quantitative estimate of drug-likeness (QED) is 0.892. The van der Waals surface area contributed by atoms with Crippen LogP contribution in [-0.2, 0) is 11.3 Å². The summed E-state index contributed by atoms with van der Waals surface area (Å²) >= 11 is 0. The number of likely N-dealkylation sites (tertiary alicyclic amines) is 1. The van der Waals surface area contributed by atoms with Crippen LogP contribution in [0.15, 0.2) is 24.3 Å². The molecule has 23 heavy (non-hydrogen) atoms. The van der Waals surface area contributed by atoms with Crippen molar-refractivity contribution in [2.45, 2.75) is 38.3 Å². The van der Waals surface area contributed by atoms with Gasteiger partial charge >= 0.3 is 6.03 Å². The van der Waals surface area contributed by atoms with E-state index >= 15 is 0 Å². The summed E-state index contributed by atoms with van der Waals surface area (Å²) in [6, 6.07) is 6.01. The van der Waals surface area contributed by atoms with Crippen molar-refractivity contribution in [1.82, 2.24) is 15.5 Å². The average molecular weight is 319 g/mol. The highest BCUT2D eigenvalue weighted by atomic mass is 19.1. The van der Waals surface area contributed by atoms with Gasteiger partial charge in [-0.25, -0.2) is 9.18 Å². The van der Waals surface area contributed by atoms with Crippen LogP contribution in [0, 0.1) is 11.7 Å². The molecule has 3 rings (SSSR count). The predicted octanol–water partition coefficient (Wildman–Crippen LogP) is 2.03. The lowest BCUT2D eigenvalue weighted by Crippen LogP contribution is -2.49. The van der Waals surface area contributed by atoms with Gasteiger partial charge < -0.3 is 15.5 Å². The molecule has 1 aromatic carbocycles. The minimum absolute atomic E-state index is 0.0887. The van der Waals surface area contributed by atoms with Crippen molar-refractivity contribution in [3.63, 3.8) is 0 Å². The van der Waals surface area contributed by atoms with Gasteiger partial charge in [0.1, 0.15) is 5.82 Å². The zero-order valence-corrected chi connectivity index (χ0v) is 13.1. The van der Waals surface area contributed by atoms with Crippen LogP contribution >= 0.6 is 0 Å². The minimum Gasteiger partial charge on any atom is -0.342 e. The molecule has 1 saturated heterocycles. The van der Waals surface area contributed by atoms with Gasteiger partial charge in [0.05, 0.1) is 0 Å². The fraction of sp³-hybridized carbons (Fsp3) is 0.529. The van der Waals surface area contributed by atoms with Crippen LogP contribution in [0.25, 0.3) is 0 Å². The van der Waals surface area contributed by atoms with Crippen molar-refractivity contribution < 1.29 is 14.0 Å². The van der Waals surface area contributed by atoms with Crippen molar-refractivity contribution in [3.05, 3.63) is 35.6 Å². The van der Waals surface area contributed by atoms with Crippen LogP contribution in [0.3, 0.4) is 0 Å². The summed E-state index contributed by atoms with van der Waals surface area (Å²) in [5.41, 5.74) is 0.727. The Bertz CT molecular complexity index is 581. The number of rotatable bonds is 4. The molecule has 3 amide bonds. The van der Waals surface area contributed by atoms with E-state index in [-0.39, 0.29) is 29.7 Å². The molecule has 5 nitrogen and oxygen atoms in total. The lowest BCUT2D eigenvalue weighted by atomic mass is 10.0. The number of urea groups is 1. The van der Waals surface area contributed by atoms with Gasteiger partial charge in [-0.3, -0.25) is 4.79 Å². The van der Waals surface area contributed by atoms with Crippen molar-refractivity contribution >= 4 is 11.9 Å². The molecule has 0 bridgehead atoms. The molecule has 1 aliphatic carbocycles. The number of benzene rings is 1. The number of nitrogens with one attached hydrogen (secondary N) is 2. The summed E-state index contributed by atoms with van der Waals surface area (Å²) < 4.78 is 13.1. The summed E-state index contributed by atoms with van der Waals surface area (Å²) in [6.07, 6.45) is 3.62. The van der Waals surface area contributed by atoms with Crippen LogP contribution < -0.4 is 10.6 Å². The Balaban J connectivity index is 1.38. The summed E-state index contributed by atoms with van der Waals surface area (Å²) in [4.78, 5) is 25.8. The maximum absolute atomic E-state index is 13.1. The van der Waals surface area contributed by atoms with Gasteiger partial charge in [0.2, 0.25) is 5.91 Å². The average Bonchev–Trinajstić information content (AvgIpc) is 3.38. The highest BCUT2D eigenvalue weighted by molar-refractivity contribution is 5.81. The molecule has 1 heterocycles. The first kappa shape index (κ1) is 15.8. The summed E-state index contributed by atoms with van der Waals surface area (Å²) in [5, 5.41) is 5.66. The fourth-order valence-electron chi connectivity index (χ4n) is 2.90. The molecule has 0 atom stereocenters. The lowest BCUT2D eigenvalue weighted by molar-refractivity contribution is -0.133. The van der Waals surface area contributed by atoms with Crippen LogP contribution in [0.5, 0.6) is 0 Å². The second-order valence-electron chi connectivity index (χ2n) is 6.33. The van der Waals surface area contributed by atoms with Crippen molar-refractivity contribution in [1.29, 1.82) is 0 Å². The maximum Gasteiger partial charge on any atom is 0.315 e. The van der Waals surface area contributed by atoms with Crippen molar-refractivity contribution in [2.24, 2.45) is 5.92 Å². The molecule has 2 aliphatic rings. The number of halogens is 1. The van der Waals surface area contributed by atoms with Gasteiger partial charge in [-0.1, -0.05) is 12.1 Å². The third-order valence-corrected chi connectivity index (χ3v) is 4.41. The Hall–Kier alpha value is -2.11. The Kier molecular flexibility index (Phi) is 4.79. The summed E-state index contributed by atoms with van der Waals surface area (Å²) in [5.74, 6) is 0.227. The summed E-state index contributed by atoms with van der Waals surface area (Å²) in [7, 11) is 0. The van der Waals surface area contributed by atoms with E-state index in [1.165, 1.54) is 12.1 Å². The zero-order chi connectivity index (χ0) is 16.2. The topological polar surface area (TPSA) is 61.4 Å². The summed E-state index contributed by atoms with van der Waals surface area (Å²) in [6.45, 7) is 1.72. The molecule has 124 valence electrons. The monoisotopic (exact) mass is 319 g/mol. The van der Waals surface area contributed by atoms with Crippen molar-refractivity contribution in [2.75, 3.05) is 13.1 Å². The molecule has 0 radical (unpaired) electrons. The first-order valence-electron chi connectivity index (χ1n) is 8.19. The third kappa shape index (κ3) is 4.43. The van der Waals surface area contributed by atoms with E-state index in [1.807, 2.05) is 4.90 Å². The molecule has 2 N–H and O–H groups in total. The Labute approximate surface area is 135 Å². The molecular formula is C17H22FN3O2. The number of carbonyl (C=O) groups excluding carboxylic acids is 2. The molecule has 0 spiro atoms. The number of carbonyl (C=O) groups is 2. The standard InChI is InChI=1S/C17H22FN3O2/c18-14-3-1-2-12(10-14)11-19-17(23)20-15-6-8-21(9-7-15)16(22)13-4-5-13/h1-3,10,13,15H,4-9,11H2,(H2,19,20,23). The highest BCUT2D eigenvalue weighted by Gasteiger charge is 2.35. The van der Waals surface area contributed by atoms with Crippen LogP contribution in [0.1, 0.15) is 31.2 Å². The molecular weight excluding hydrogens is 297 g/mol. The first-order chi connectivity index (χ1) is 11.1. The second-order valence-corrected chi connectivity index (χ2v) is 6.33. The Morgan fingerprint density at radius 3 is 2.57 bits per heavy atom. The van der Waals surface area contributed by atoms with E-state index in [0.717, 1.165) is 31.2 Å². The maximum atomic E-state index is 13.1. The first-order valence-corrected chi connectivity index (χ1v) is 8.19. The molecule has 1 aromatic rings. The molecule has 2 fully saturated rings. The van der Waals surface area contributed by atoms with Gasteiger partial charge in [-0.15, -0.1) is 0 Å². The van der Waals surface area contributed by atoms with E-state index in [9.17, 15) is 14.0 Å². The molecule has 6 heteroatoms. The van der Waals surface area contributed by atoms with Gasteiger partial charge in [0.15, 0.2) is 0 Å². The lowest BCUT2D eigenvalue weighted by Gasteiger charge is -2.32. The number of nitrogens with zero attached hydrogens (tertiary/aromatic N) is 1. The number of hydrogen-bond donors (Lipinski definition) is 2. The van der Waals surface area contributed by atoms with E-state index in [0.29, 0.717) is 19.6 Å². The minimum atomic E-state index is -0.308. The second kappa shape index (κ2) is 6.98. The largest absolute Gasteiger partial charge is 0.342 e. The SMILES string of the molecule is O=C(NCc1cccc(F)c1)NC1CCN(C(=O)C2CC2)CC1. The molecule has 1 saturated carbocycles. The smallest absolute Gasteiger partial charge is 0.315 e. The van der Waals surface area contributed by atoms with Crippen LogP contribution in [0.4, 0.5) is 9.18 Å². The van der Waals surface area contributed by atoms with Crippen LogP contribution in [0.2, 0.25) is 0 Å². The number of amides is 3. The number of hydrogen-bond acceptors (Lipinski definition) is 2. The van der Waals surface area contributed by atoms with E-state index in [4.69, 9.17) is 0 Å². The normalized spacial score (nSPS) is 18.6. The van der Waals surface area contributed by atoms with E-state index in [1.54, 1.807) is 12.1 Å². The van der Waals surface area contributed by atoms with E-state index in [2.05, 4.69) is 10.6 Å². The van der Waals surface area contributed by atoms with Gasteiger partial charge in [-0.05, 0) is 43.4 Å².